The fourth-order valence-electron chi connectivity index (χ4n) is 3.94. The molecule has 21 heavy (non-hydrogen) atoms. The third kappa shape index (κ3) is 2.59. The first kappa shape index (κ1) is 14.6. The van der Waals surface area contributed by atoms with Crippen LogP contribution in [0.3, 0.4) is 0 Å². The minimum atomic E-state index is -0.238. The predicted molar refractivity (Wildman–Crippen MR) is 80.0 cm³/mol. The molecule has 0 bridgehead atoms. The monoisotopic (exact) mass is 291 g/mol. The molecule has 3 rings (SSSR count). The van der Waals surface area contributed by atoms with Gasteiger partial charge in [-0.1, -0.05) is 6.42 Å². The van der Waals surface area contributed by atoms with E-state index in [1.165, 1.54) is 0 Å². The average molecular weight is 291 g/mol. The summed E-state index contributed by atoms with van der Waals surface area (Å²) in [6.45, 7) is 2.74. The van der Waals surface area contributed by atoms with Gasteiger partial charge in [0.25, 0.3) is 5.91 Å². The predicted octanol–water partition coefficient (Wildman–Crippen LogP) is 1.88. The number of hydrogen-bond donors (Lipinski definition) is 1. The van der Waals surface area contributed by atoms with Gasteiger partial charge in [-0.3, -0.25) is 9.48 Å². The third-order valence-electron chi connectivity index (χ3n) is 5.30. The van der Waals surface area contributed by atoms with E-state index < -0.39 is 0 Å². The highest BCUT2D eigenvalue weighted by atomic mass is 16.3. The number of aliphatic hydroxyl groups is 1. The Morgan fingerprint density at radius 3 is 2.71 bits per heavy atom. The molecule has 0 radical (unpaired) electrons. The summed E-state index contributed by atoms with van der Waals surface area (Å²) in [6.07, 6.45) is 7.68. The Bertz CT molecular complexity index is 526. The minimum absolute atomic E-state index is 0.0874. The second-order valence-corrected chi connectivity index (χ2v) is 6.49. The molecular formula is C16H25N3O2. The van der Waals surface area contributed by atoms with Crippen LogP contribution >= 0.6 is 0 Å². The number of piperidine rings is 1. The van der Waals surface area contributed by atoms with Crippen LogP contribution in [-0.2, 0) is 7.05 Å². The van der Waals surface area contributed by atoms with Crippen molar-refractivity contribution in [1.82, 2.24) is 14.7 Å². The molecular weight excluding hydrogens is 266 g/mol. The number of nitrogens with zero attached hydrogens (tertiary/aromatic N) is 3. The molecule has 1 aliphatic heterocycles. The van der Waals surface area contributed by atoms with Crippen molar-refractivity contribution in [2.45, 2.75) is 57.6 Å². The van der Waals surface area contributed by atoms with Gasteiger partial charge in [-0.05, 0) is 39.0 Å². The summed E-state index contributed by atoms with van der Waals surface area (Å²) in [4.78, 5) is 14.9. The molecule has 5 nitrogen and oxygen atoms in total. The van der Waals surface area contributed by atoms with Crippen LogP contribution in [0.2, 0.25) is 0 Å². The molecule has 1 N–H and O–H groups in total. The molecule has 1 saturated heterocycles. The van der Waals surface area contributed by atoms with E-state index in [0.29, 0.717) is 5.56 Å². The van der Waals surface area contributed by atoms with Crippen LogP contribution in [0.15, 0.2) is 6.20 Å². The summed E-state index contributed by atoms with van der Waals surface area (Å²) in [5.41, 5.74) is 1.62. The van der Waals surface area contributed by atoms with Gasteiger partial charge >= 0.3 is 0 Å². The average Bonchev–Trinajstić information content (AvgIpc) is 3.05. The van der Waals surface area contributed by atoms with Crippen molar-refractivity contribution in [3.05, 3.63) is 17.5 Å². The molecule has 1 aromatic heterocycles. The Kier molecular flexibility index (Phi) is 4.02. The van der Waals surface area contributed by atoms with Crippen LogP contribution in [0.5, 0.6) is 0 Å². The maximum atomic E-state index is 12.9. The lowest BCUT2D eigenvalue weighted by atomic mass is 9.87. The first-order chi connectivity index (χ1) is 10.1. The van der Waals surface area contributed by atoms with E-state index in [1.54, 1.807) is 10.9 Å². The number of hydrogen-bond acceptors (Lipinski definition) is 3. The highest BCUT2D eigenvalue weighted by Crippen LogP contribution is 2.35. The van der Waals surface area contributed by atoms with Gasteiger partial charge in [0, 0.05) is 31.2 Å². The van der Waals surface area contributed by atoms with Crippen molar-refractivity contribution in [2.75, 3.05) is 6.54 Å². The Hall–Kier alpha value is -1.36. The van der Waals surface area contributed by atoms with Gasteiger partial charge in [-0.25, -0.2) is 0 Å². The summed E-state index contributed by atoms with van der Waals surface area (Å²) in [6, 6.07) is 0.198. The molecule has 1 amide bonds. The van der Waals surface area contributed by atoms with Crippen LogP contribution < -0.4 is 0 Å². The molecule has 5 heteroatoms. The summed E-state index contributed by atoms with van der Waals surface area (Å²) in [5.74, 6) is 0.343. The van der Waals surface area contributed by atoms with E-state index in [-0.39, 0.29) is 24.0 Å². The van der Waals surface area contributed by atoms with Gasteiger partial charge in [0.05, 0.1) is 17.9 Å². The molecule has 3 unspecified atom stereocenters. The first-order valence-corrected chi connectivity index (χ1v) is 8.07. The molecule has 1 saturated carbocycles. The van der Waals surface area contributed by atoms with E-state index in [0.717, 1.165) is 50.8 Å². The Balaban J connectivity index is 1.84. The zero-order chi connectivity index (χ0) is 15.0. The maximum absolute atomic E-state index is 12.9. The quantitative estimate of drug-likeness (QED) is 0.905. The molecule has 3 atom stereocenters. The van der Waals surface area contributed by atoms with Crippen molar-refractivity contribution in [1.29, 1.82) is 0 Å². The number of amides is 1. The third-order valence-corrected chi connectivity index (χ3v) is 5.30. The Morgan fingerprint density at radius 2 is 2.10 bits per heavy atom. The van der Waals surface area contributed by atoms with Crippen LogP contribution in [0.4, 0.5) is 0 Å². The van der Waals surface area contributed by atoms with Gasteiger partial charge < -0.3 is 10.0 Å². The van der Waals surface area contributed by atoms with Crippen molar-refractivity contribution in [2.24, 2.45) is 13.0 Å². The highest BCUT2D eigenvalue weighted by Gasteiger charge is 2.39. The van der Waals surface area contributed by atoms with Crippen molar-refractivity contribution >= 4 is 5.91 Å². The summed E-state index contributed by atoms with van der Waals surface area (Å²) < 4.78 is 1.75. The van der Waals surface area contributed by atoms with Crippen LogP contribution in [0.25, 0.3) is 0 Å². The largest absolute Gasteiger partial charge is 0.393 e. The van der Waals surface area contributed by atoms with Gasteiger partial charge in [0.15, 0.2) is 0 Å². The number of aryl methyl sites for hydroxylation is 1. The highest BCUT2D eigenvalue weighted by molar-refractivity contribution is 5.95. The Morgan fingerprint density at radius 1 is 1.29 bits per heavy atom. The minimum Gasteiger partial charge on any atom is -0.393 e. The SMILES string of the molecule is Cc1c(C(=O)N2CCCCC2C2CCCC2O)cnn1C. The van der Waals surface area contributed by atoms with Gasteiger partial charge in [-0.2, -0.15) is 5.10 Å². The van der Waals surface area contributed by atoms with E-state index in [9.17, 15) is 9.90 Å². The normalized spacial score (nSPS) is 29.9. The van der Waals surface area contributed by atoms with Gasteiger partial charge in [0.2, 0.25) is 0 Å². The molecule has 1 aromatic rings. The number of aromatic nitrogens is 2. The second kappa shape index (κ2) is 5.79. The van der Waals surface area contributed by atoms with Crippen molar-refractivity contribution < 1.29 is 9.90 Å². The maximum Gasteiger partial charge on any atom is 0.257 e. The number of aliphatic hydroxyl groups excluding tert-OH is 1. The smallest absolute Gasteiger partial charge is 0.257 e. The number of carbonyl (C=O) groups is 1. The zero-order valence-electron chi connectivity index (χ0n) is 13.0. The molecule has 1 aliphatic carbocycles. The van der Waals surface area contributed by atoms with Gasteiger partial charge in [0.1, 0.15) is 0 Å². The van der Waals surface area contributed by atoms with Gasteiger partial charge in [-0.15, -0.1) is 0 Å². The molecule has 2 fully saturated rings. The molecule has 2 heterocycles. The van der Waals surface area contributed by atoms with Crippen molar-refractivity contribution in [3.8, 4) is 0 Å². The fourth-order valence-corrected chi connectivity index (χ4v) is 3.94. The standard InChI is InChI=1S/C16H25N3O2/c1-11-13(10-17-18(11)2)16(21)19-9-4-3-7-14(19)12-6-5-8-15(12)20/h10,12,14-15,20H,3-9H2,1-2H3. The van der Waals surface area contributed by atoms with E-state index in [2.05, 4.69) is 5.10 Å². The van der Waals surface area contributed by atoms with Crippen LogP contribution in [-0.4, -0.2) is 44.4 Å². The molecule has 2 aliphatic rings. The van der Waals surface area contributed by atoms with Crippen LogP contribution in [0.1, 0.15) is 54.6 Å². The summed E-state index contributed by atoms with van der Waals surface area (Å²) in [5, 5.41) is 14.4. The van der Waals surface area contributed by atoms with Crippen LogP contribution in [0, 0.1) is 12.8 Å². The fraction of sp³-hybridized carbons (Fsp3) is 0.750. The van der Waals surface area contributed by atoms with Crippen molar-refractivity contribution in [3.63, 3.8) is 0 Å². The van der Waals surface area contributed by atoms with E-state index in [4.69, 9.17) is 0 Å². The number of rotatable bonds is 2. The molecule has 0 aromatic carbocycles. The Labute approximate surface area is 125 Å². The lowest BCUT2D eigenvalue weighted by Crippen LogP contribution is -2.49. The zero-order valence-corrected chi connectivity index (χ0v) is 13.0. The first-order valence-electron chi connectivity index (χ1n) is 8.07. The second-order valence-electron chi connectivity index (χ2n) is 6.49. The summed E-state index contributed by atoms with van der Waals surface area (Å²) in [7, 11) is 1.86. The number of carbonyl (C=O) groups excluding carboxylic acids is 1. The van der Waals surface area contributed by atoms with E-state index >= 15 is 0 Å². The van der Waals surface area contributed by atoms with E-state index in [1.807, 2.05) is 18.9 Å². The summed E-state index contributed by atoms with van der Waals surface area (Å²) >= 11 is 0. The molecule has 116 valence electrons. The molecule has 0 spiro atoms. The number of likely N-dealkylation sites (tertiary alicyclic amines) is 1. The lowest BCUT2D eigenvalue weighted by Gasteiger charge is -2.40. The lowest BCUT2D eigenvalue weighted by molar-refractivity contribution is 0.0287. The topological polar surface area (TPSA) is 58.4 Å².